The molecule has 0 saturated heterocycles. The quantitative estimate of drug-likeness (QED) is 0.865. The first-order valence-corrected chi connectivity index (χ1v) is 5.82. The van der Waals surface area contributed by atoms with Crippen LogP contribution in [0.2, 0.25) is 10.0 Å². The summed E-state index contributed by atoms with van der Waals surface area (Å²) in [4.78, 5) is 3.78. The molecule has 0 radical (unpaired) electrons. The van der Waals surface area contributed by atoms with Crippen molar-refractivity contribution in [3.8, 4) is 11.8 Å². The number of rotatable bonds is 4. The molecule has 0 atom stereocenters. The summed E-state index contributed by atoms with van der Waals surface area (Å²) in [5.74, 6) is 0.696. The van der Waals surface area contributed by atoms with E-state index in [1.165, 1.54) is 11.0 Å². The van der Waals surface area contributed by atoms with E-state index in [0.29, 0.717) is 28.9 Å². The molecule has 92 valence electrons. The predicted molar refractivity (Wildman–Crippen MR) is 66.7 cm³/mol. The van der Waals surface area contributed by atoms with E-state index in [9.17, 15) is 0 Å². The number of benzene rings is 1. The standard InChI is InChI=1S/C11H8Cl2N4O/c12-8-1-2-10(9(13)5-8)18-4-3-17-7-15-11(6-14)16-17/h1-2,5,7H,3-4H2. The average molecular weight is 283 g/mol. The Labute approximate surface area is 114 Å². The number of hydrogen-bond donors (Lipinski definition) is 0. The minimum atomic E-state index is 0.138. The molecule has 0 aliphatic carbocycles. The molecule has 0 amide bonds. The summed E-state index contributed by atoms with van der Waals surface area (Å²) >= 11 is 11.7. The van der Waals surface area contributed by atoms with E-state index in [4.69, 9.17) is 33.2 Å². The average Bonchev–Trinajstić information content (AvgIpc) is 2.80. The van der Waals surface area contributed by atoms with Crippen molar-refractivity contribution >= 4 is 23.2 Å². The van der Waals surface area contributed by atoms with Gasteiger partial charge in [0.15, 0.2) is 0 Å². The van der Waals surface area contributed by atoms with Gasteiger partial charge in [-0.15, -0.1) is 5.10 Å². The number of aromatic nitrogens is 3. The number of hydrogen-bond acceptors (Lipinski definition) is 4. The van der Waals surface area contributed by atoms with Crippen LogP contribution in [0.15, 0.2) is 24.5 Å². The summed E-state index contributed by atoms with van der Waals surface area (Å²) in [6.45, 7) is 0.850. The van der Waals surface area contributed by atoms with Crippen molar-refractivity contribution in [3.05, 3.63) is 40.4 Å². The largest absolute Gasteiger partial charge is 0.490 e. The van der Waals surface area contributed by atoms with Crippen LogP contribution in [-0.2, 0) is 6.54 Å². The zero-order chi connectivity index (χ0) is 13.0. The van der Waals surface area contributed by atoms with Gasteiger partial charge in [0.05, 0.1) is 11.6 Å². The minimum absolute atomic E-state index is 0.138. The third-order valence-electron chi connectivity index (χ3n) is 2.11. The molecule has 2 rings (SSSR count). The molecule has 5 nitrogen and oxygen atoms in total. The Bertz CT molecular complexity index is 591. The van der Waals surface area contributed by atoms with Crippen LogP contribution in [0, 0.1) is 11.3 Å². The summed E-state index contributed by atoms with van der Waals surface area (Å²) in [7, 11) is 0. The van der Waals surface area contributed by atoms with Crippen LogP contribution in [0.5, 0.6) is 5.75 Å². The summed E-state index contributed by atoms with van der Waals surface area (Å²) in [6, 6.07) is 6.87. The number of ether oxygens (including phenoxy) is 1. The molecule has 2 aromatic rings. The van der Waals surface area contributed by atoms with Gasteiger partial charge in [0.2, 0.25) is 0 Å². The SMILES string of the molecule is N#Cc1ncn(CCOc2ccc(Cl)cc2Cl)n1. The summed E-state index contributed by atoms with van der Waals surface area (Å²) in [6.07, 6.45) is 1.48. The molecular formula is C11H8Cl2N4O. The number of nitriles is 1. The highest BCUT2D eigenvalue weighted by molar-refractivity contribution is 6.35. The van der Waals surface area contributed by atoms with Crippen molar-refractivity contribution in [3.63, 3.8) is 0 Å². The molecule has 1 aromatic carbocycles. The van der Waals surface area contributed by atoms with E-state index in [1.807, 2.05) is 6.07 Å². The molecule has 0 aliphatic heterocycles. The molecular weight excluding hydrogens is 275 g/mol. The highest BCUT2D eigenvalue weighted by atomic mass is 35.5. The molecule has 0 fully saturated rings. The highest BCUT2D eigenvalue weighted by Gasteiger charge is 2.03. The first-order chi connectivity index (χ1) is 8.69. The lowest BCUT2D eigenvalue weighted by Gasteiger charge is -2.07. The molecule has 0 unspecified atom stereocenters. The van der Waals surface area contributed by atoms with Crippen LogP contribution in [0.25, 0.3) is 0 Å². The van der Waals surface area contributed by atoms with Gasteiger partial charge in [-0.3, -0.25) is 0 Å². The van der Waals surface area contributed by atoms with Crippen molar-refractivity contribution < 1.29 is 4.74 Å². The second-order valence-corrected chi connectivity index (χ2v) is 4.21. The maximum atomic E-state index is 8.57. The van der Waals surface area contributed by atoms with Gasteiger partial charge in [-0.2, -0.15) is 5.26 Å². The van der Waals surface area contributed by atoms with Gasteiger partial charge < -0.3 is 4.74 Å². The third-order valence-corrected chi connectivity index (χ3v) is 2.64. The van der Waals surface area contributed by atoms with Crippen LogP contribution >= 0.6 is 23.2 Å². The van der Waals surface area contributed by atoms with Crippen LogP contribution in [-0.4, -0.2) is 21.4 Å². The zero-order valence-corrected chi connectivity index (χ0v) is 10.7. The first-order valence-electron chi connectivity index (χ1n) is 5.06. The van der Waals surface area contributed by atoms with Gasteiger partial charge >= 0.3 is 0 Å². The van der Waals surface area contributed by atoms with E-state index < -0.39 is 0 Å². The molecule has 0 bridgehead atoms. The van der Waals surface area contributed by atoms with Crippen molar-refractivity contribution in [2.75, 3.05) is 6.61 Å². The fraction of sp³-hybridized carbons (Fsp3) is 0.182. The molecule has 0 aliphatic rings. The van der Waals surface area contributed by atoms with Crippen molar-refractivity contribution in [1.29, 1.82) is 5.26 Å². The van der Waals surface area contributed by atoms with E-state index in [-0.39, 0.29) is 5.82 Å². The number of halogens is 2. The van der Waals surface area contributed by atoms with Crippen LogP contribution in [0.3, 0.4) is 0 Å². The second-order valence-electron chi connectivity index (χ2n) is 3.37. The van der Waals surface area contributed by atoms with E-state index in [1.54, 1.807) is 18.2 Å². The summed E-state index contributed by atoms with van der Waals surface area (Å²) in [5.41, 5.74) is 0. The summed E-state index contributed by atoms with van der Waals surface area (Å²) in [5, 5.41) is 13.5. The molecule has 0 N–H and O–H groups in total. The van der Waals surface area contributed by atoms with Crippen molar-refractivity contribution in [2.45, 2.75) is 6.54 Å². The van der Waals surface area contributed by atoms with Gasteiger partial charge in [-0.25, -0.2) is 9.67 Å². The summed E-state index contributed by atoms with van der Waals surface area (Å²) < 4.78 is 7.01. The Morgan fingerprint density at radius 3 is 2.89 bits per heavy atom. The highest BCUT2D eigenvalue weighted by Crippen LogP contribution is 2.27. The van der Waals surface area contributed by atoms with Gasteiger partial charge in [0.1, 0.15) is 24.8 Å². The lowest BCUT2D eigenvalue weighted by atomic mass is 10.3. The minimum Gasteiger partial charge on any atom is -0.490 e. The molecule has 1 heterocycles. The van der Waals surface area contributed by atoms with E-state index >= 15 is 0 Å². The molecule has 0 saturated carbocycles. The monoisotopic (exact) mass is 282 g/mol. The Morgan fingerprint density at radius 2 is 2.22 bits per heavy atom. The molecule has 1 aromatic heterocycles. The Morgan fingerprint density at radius 1 is 1.39 bits per heavy atom. The third kappa shape index (κ3) is 3.13. The fourth-order valence-corrected chi connectivity index (χ4v) is 1.76. The van der Waals surface area contributed by atoms with Gasteiger partial charge in [-0.1, -0.05) is 23.2 Å². The Balaban J connectivity index is 1.90. The maximum Gasteiger partial charge on any atom is 0.252 e. The second kappa shape index (κ2) is 5.71. The van der Waals surface area contributed by atoms with Crippen LogP contribution in [0.4, 0.5) is 0 Å². The predicted octanol–water partition coefficient (Wildman–Crippen LogP) is 2.54. The Hall–Kier alpha value is -1.77. The topological polar surface area (TPSA) is 63.7 Å². The number of nitrogens with zero attached hydrogens (tertiary/aromatic N) is 4. The van der Waals surface area contributed by atoms with E-state index in [0.717, 1.165) is 0 Å². The molecule has 7 heteroatoms. The van der Waals surface area contributed by atoms with Gasteiger partial charge in [0, 0.05) is 5.02 Å². The van der Waals surface area contributed by atoms with Crippen molar-refractivity contribution in [2.24, 2.45) is 0 Å². The van der Waals surface area contributed by atoms with Gasteiger partial charge in [-0.05, 0) is 18.2 Å². The smallest absolute Gasteiger partial charge is 0.252 e. The molecule has 0 spiro atoms. The first kappa shape index (κ1) is 12.7. The van der Waals surface area contributed by atoms with Crippen molar-refractivity contribution in [1.82, 2.24) is 14.8 Å². The molecule has 18 heavy (non-hydrogen) atoms. The maximum absolute atomic E-state index is 8.57. The fourth-order valence-electron chi connectivity index (χ4n) is 1.29. The van der Waals surface area contributed by atoms with Crippen LogP contribution in [0.1, 0.15) is 5.82 Å². The zero-order valence-electron chi connectivity index (χ0n) is 9.18. The normalized spacial score (nSPS) is 10.1. The van der Waals surface area contributed by atoms with E-state index in [2.05, 4.69) is 10.1 Å². The lowest BCUT2D eigenvalue weighted by molar-refractivity contribution is 0.291. The van der Waals surface area contributed by atoms with Crippen LogP contribution < -0.4 is 4.74 Å². The van der Waals surface area contributed by atoms with Gasteiger partial charge in [0.25, 0.3) is 5.82 Å². The Kier molecular flexibility index (Phi) is 4.03. The lowest BCUT2D eigenvalue weighted by Crippen LogP contribution is -2.09.